The molecule has 1 N–H and O–H groups in total. The third-order valence-electron chi connectivity index (χ3n) is 1.48. The number of nitrogens with one attached hydrogen (secondary N) is 1. The first-order chi connectivity index (χ1) is 4.57. The summed E-state index contributed by atoms with van der Waals surface area (Å²) in [5.41, 5.74) is 0.986. The number of amides is 1. The lowest BCUT2D eigenvalue weighted by Gasteiger charge is -2.06. The second-order valence-corrected chi connectivity index (χ2v) is 2.66. The number of hydrogen-bond donors (Lipinski definition) is 1. The van der Waals surface area contributed by atoms with E-state index in [1.807, 2.05) is 13.8 Å². The normalized spacial score (nSPS) is 9.60. The van der Waals surface area contributed by atoms with Crippen molar-refractivity contribution in [1.82, 2.24) is 5.32 Å². The second-order valence-electron chi connectivity index (χ2n) is 2.66. The van der Waals surface area contributed by atoms with E-state index < -0.39 is 0 Å². The van der Waals surface area contributed by atoms with Gasteiger partial charge in [0.05, 0.1) is 0 Å². The van der Waals surface area contributed by atoms with Crippen LogP contribution < -0.4 is 5.32 Å². The van der Waals surface area contributed by atoms with Gasteiger partial charge >= 0.3 is 0 Å². The van der Waals surface area contributed by atoms with Crippen LogP contribution in [0.25, 0.3) is 0 Å². The van der Waals surface area contributed by atoms with Crippen LogP contribution in [0, 0.1) is 5.92 Å². The van der Waals surface area contributed by atoms with Crippen LogP contribution in [0.3, 0.4) is 0 Å². The SMILES string of the molecule is C=C(CC(=O)NC)C(C)C. The number of carbonyl (C=O) groups is 1. The highest BCUT2D eigenvalue weighted by Gasteiger charge is 2.04. The van der Waals surface area contributed by atoms with E-state index in [0.717, 1.165) is 5.57 Å². The molecule has 0 rings (SSSR count). The predicted octanol–water partition coefficient (Wildman–Crippen LogP) is 1.33. The number of rotatable bonds is 3. The molecule has 0 aromatic rings. The van der Waals surface area contributed by atoms with Crippen molar-refractivity contribution in [3.8, 4) is 0 Å². The highest BCUT2D eigenvalue weighted by molar-refractivity contribution is 5.78. The average Bonchev–Trinajstić information content (AvgIpc) is 1.87. The van der Waals surface area contributed by atoms with Gasteiger partial charge in [0.2, 0.25) is 5.91 Å². The van der Waals surface area contributed by atoms with E-state index in [-0.39, 0.29) is 5.91 Å². The quantitative estimate of drug-likeness (QED) is 0.590. The lowest BCUT2D eigenvalue weighted by Crippen LogP contribution is -2.18. The molecule has 0 aromatic carbocycles. The number of hydrogen-bond acceptors (Lipinski definition) is 1. The minimum absolute atomic E-state index is 0.0405. The maximum absolute atomic E-state index is 10.8. The third-order valence-corrected chi connectivity index (χ3v) is 1.48. The average molecular weight is 141 g/mol. The Labute approximate surface area is 62.3 Å². The minimum atomic E-state index is 0.0405. The molecule has 0 fully saturated rings. The van der Waals surface area contributed by atoms with Crippen LogP contribution in [-0.2, 0) is 4.79 Å². The predicted molar refractivity (Wildman–Crippen MR) is 42.7 cm³/mol. The van der Waals surface area contributed by atoms with Crippen LogP contribution in [0.4, 0.5) is 0 Å². The Bertz CT molecular complexity index is 138. The molecule has 0 atom stereocenters. The highest BCUT2D eigenvalue weighted by atomic mass is 16.1. The molecule has 1 amide bonds. The van der Waals surface area contributed by atoms with Gasteiger partial charge < -0.3 is 5.32 Å². The van der Waals surface area contributed by atoms with E-state index in [2.05, 4.69) is 11.9 Å². The molecule has 2 heteroatoms. The summed E-state index contributed by atoms with van der Waals surface area (Å²) < 4.78 is 0. The van der Waals surface area contributed by atoms with Crippen molar-refractivity contribution in [3.63, 3.8) is 0 Å². The molecule has 0 aliphatic heterocycles. The second kappa shape index (κ2) is 4.09. The van der Waals surface area contributed by atoms with Crippen LogP contribution in [0.1, 0.15) is 20.3 Å². The first-order valence-corrected chi connectivity index (χ1v) is 3.46. The lowest BCUT2D eigenvalue weighted by atomic mass is 10.0. The molecular weight excluding hydrogens is 126 g/mol. The van der Waals surface area contributed by atoms with Gasteiger partial charge in [-0.1, -0.05) is 26.0 Å². The van der Waals surface area contributed by atoms with Crippen molar-refractivity contribution in [1.29, 1.82) is 0 Å². The molecule has 10 heavy (non-hydrogen) atoms. The van der Waals surface area contributed by atoms with Crippen molar-refractivity contribution in [3.05, 3.63) is 12.2 Å². The molecule has 0 aromatic heterocycles. The smallest absolute Gasteiger partial charge is 0.223 e. The van der Waals surface area contributed by atoms with Crippen LogP contribution in [0.5, 0.6) is 0 Å². The molecule has 0 radical (unpaired) electrons. The summed E-state index contributed by atoms with van der Waals surface area (Å²) in [6.07, 6.45) is 0.453. The van der Waals surface area contributed by atoms with Crippen molar-refractivity contribution in [2.24, 2.45) is 5.92 Å². The van der Waals surface area contributed by atoms with Crippen molar-refractivity contribution in [2.75, 3.05) is 7.05 Å². The summed E-state index contributed by atoms with van der Waals surface area (Å²) in [5, 5.41) is 2.55. The monoisotopic (exact) mass is 141 g/mol. The molecule has 0 saturated carbocycles. The zero-order valence-electron chi connectivity index (χ0n) is 6.90. The Morgan fingerprint density at radius 3 is 2.40 bits per heavy atom. The molecule has 2 nitrogen and oxygen atoms in total. The maximum Gasteiger partial charge on any atom is 0.223 e. The lowest BCUT2D eigenvalue weighted by molar-refractivity contribution is -0.120. The van der Waals surface area contributed by atoms with Gasteiger partial charge in [0.25, 0.3) is 0 Å². The number of carbonyl (C=O) groups excluding carboxylic acids is 1. The first kappa shape index (κ1) is 9.21. The van der Waals surface area contributed by atoms with Gasteiger partial charge in [-0.25, -0.2) is 0 Å². The molecule has 0 heterocycles. The van der Waals surface area contributed by atoms with E-state index in [1.54, 1.807) is 7.05 Å². The van der Waals surface area contributed by atoms with Crippen LogP contribution in [0.2, 0.25) is 0 Å². The molecule has 0 unspecified atom stereocenters. The standard InChI is InChI=1S/C8H15NO/c1-6(2)7(3)5-8(10)9-4/h6H,3,5H2,1-2,4H3,(H,9,10). The fourth-order valence-electron chi connectivity index (χ4n) is 0.499. The Hall–Kier alpha value is -0.790. The Morgan fingerprint density at radius 1 is 1.60 bits per heavy atom. The Balaban J connectivity index is 3.69. The van der Waals surface area contributed by atoms with Gasteiger partial charge in [-0.05, 0) is 5.92 Å². The summed E-state index contributed by atoms with van der Waals surface area (Å²) in [6.45, 7) is 7.85. The third kappa shape index (κ3) is 3.28. The fraction of sp³-hybridized carbons (Fsp3) is 0.625. The van der Waals surface area contributed by atoms with E-state index >= 15 is 0 Å². The van der Waals surface area contributed by atoms with Crippen LogP contribution >= 0.6 is 0 Å². The highest BCUT2D eigenvalue weighted by Crippen LogP contribution is 2.09. The molecule has 0 aliphatic rings. The van der Waals surface area contributed by atoms with Gasteiger partial charge in [-0.2, -0.15) is 0 Å². The van der Waals surface area contributed by atoms with E-state index in [1.165, 1.54) is 0 Å². The van der Waals surface area contributed by atoms with Crippen molar-refractivity contribution >= 4 is 5.91 Å². The molecule has 0 saturated heterocycles. The zero-order valence-corrected chi connectivity index (χ0v) is 6.90. The maximum atomic E-state index is 10.8. The minimum Gasteiger partial charge on any atom is -0.359 e. The summed E-state index contributed by atoms with van der Waals surface area (Å²) in [6, 6.07) is 0. The molecular formula is C8H15NO. The van der Waals surface area contributed by atoms with Gasteiger partial charge in [-0.3, -0.25) is 4.79 Å². The fourth-order valence-corrected chi connectivity index (χ4v) is 0.499. The largest absolute Gasteiger partial charge is 0.359 e. The van der Waals surface area contributed by atoms with E-state index in [9.17, 15) is 4.79 Å². The molecule has 0 aliphatic carbocycles. The van der Waals surface area contributed by atoms with Gasteiger partial charge in [0.1, 0.15) is 0 Å². The first-order valence-electron chi connectivity index (χ1n) is 3.46. The van der Waals surface area contributed by atoms with Gasteiger partial charge in [0.15, 0.2) is 0 Å². The topological polar surface area (TPSA) is 29.1 Å². The molecule has 58 valence electrons. The van der Waals surface area contributed by atoms with Gasteiger partial charge in [0, 0.05) is 13.5 Å². The van der Waals surface area contributed by atoms with Gasteiger partial charge in [-0.15, -0.1) is 0 Å². The van der Waals surface area contributed by atoms with Crippen molar-refractivity contribution < 1.29 is 4.79 Å². The Morgan fingerprint density at radius 2 is 2.10 bits per heavy atom. The summed E-state index contributed by atoms with van der Waals surface area (Å²) >= 11 is 0. The van der Waals surface area contributed by atoms with E-state index in [0.29, 0.717) is 12.3 Å². The summed E-state index contributed by atoms with van der Waals surface area (Å²) in [4.78, 5) is 10.8. The summed E-state index contributed by atoms with van der Waals surface area (Å²) in [5.74, 6) is 0.441. The summed E-state index contributed by atoms with van der Waals surface area (Å²) in [7, 11) is 1.63. The van der Waals surface area contributed by atoms with E-state index in [4.69, 9.17) is 0 Å². The van der Waals surface area contributed by atoms with Crippen molar-refractivity contribution in [2.45, 2.75) is 20.3 Å². The van der Waals surface area contributed by atoms with Crippen LogP contribution in [0.15, 0.2) is 12.2 Å². The molecule has 0 spiro atoms. The van der Waals surface area contributed by atoms with Crippen LogP contribution in [-0.4, -0.2) is 13.0 Å². The Kier molecular flexibility index (Phi) is 3.77. The molecule has 0 bridgehead atoms. The zero-order chi connectivity index (χ0) is 8.15.